The van der Waals surface area contributed by atoms with Crippen molar-refractivity contribution in [3.05, 3.63) is 53.3 Å². The molecular weight excluding hydrogens is 437 g/mol. The summed E-state index contributed by atoms with van der Waals surface area (Å²) < 4.78 is 11.0. The molecule has 1 aliphatic heterocycles. The third-order valence-electron chi connectivity index (χ3n) is 4.75. The Bertz CT molecular complexity index is 767. The monoisotopic (exact) mass is 461 g/mol. The number of pyridine rings is 1. The topological polar surface area (TPSA) is 72.5 Å². The largest absolute Gasteiger partial charge is 0.486 e. The van der Waals surface area contributed by atoms with E-state index < -0.39 is 5.41 Å². The van der Waals surface area contributed by atoms with Crippen molar-refractivity contribution in [1.29, 1.82) is 0 Å². The Morgan fingerprint density at radius 3 is 2.62 bits per heavy atom. The lowest BCUT2D eigenvalue weighted by Gasteiger charge is -2.35. The number of ether oxygens (including phenoxy) is 2. The third kappa shape index (κ3) is 6.73. The summed E-state index contributed by atoms with van der Waals surface area (Å²) in [6.45, 7) is 2.34. The normalized spacial score (nSPS) is 14.8. The molecule has 29 heavy (non-hydrogen) atoms. The summed E-state index contributed by atoms with van der Waals surface area (Å²) in [5, 5.41) is 6.70. The Morgan fingerprint density at radius 1 is 1.24 bits per heavy atom. The molecule has 0 atom stereocenters. The standard InChI is InChI=1S/C20H24ClN3O3.2ClH/c1-26-14-20(7-10-22-11-8-20)19(25)24-15-5-6-18(17(21)12-15)27-13-16-4-2-3-9-23-16;;/h2-6,9,12,22H,7-8,10-11,13-14H2,1H3,(H,24,25);2*1H. The van der Waals surface area contributed by atoms with Crippen molar-refractivity contribution in [2.75, 3.05) is 32.1 Å². The first-order valence-corrected chi connectivity index (χ1v) is 9.34. The zero-order valence-electron chi connectivity index (χ0n) is 16.2. The van der Waals surface area contributed by atoms with Crippen molar-refractivity contribution in [2.24, 2.45) is 5.41 Å². The number of halogens is 3. The number of aromatic nitrogens is 1. The van der Waals surface area contributed by atoms with Crippen LogP contribution in [-0.2, 0) is 16.1 Å². The molecule has 6 nitrogen and oxygen atoms in total. The van der Waals surface area contributed by atoms with Crippen LogP contribution in [0.25, 0.3) is 0 Å². The van der Waals surface area contributed by atoms with Crippen LogP contribution >= 0.6 is 36.4 Å². The maximum absolute atomic E-state index is 12.9. The molecule has 1 amide bonds. The number of nitrogens with one attached hydrogen (secondary N) is 2. The Hall–Kier alpha value is -1.57. The second-order valence-electron chi connectivity index (χ2n) is 6.67. The fourth-order valence-electron chi connectivity index (χ4n) is 3.21. The van der Waals surface area contributed by atoms with Crippen LogP contribution in [0.5, 0.6) is 5.75 Å². The van der Waals surface area contributed by atoms with Crippen LogP contribution < -0.4 is 15.4 Å². The van der Waals surface area contributed by atoms with Gasteiger partial charge in [0.2, 0.25) is 5.91 Å². The zero-order valence-corrected chi connectivity index (χ0v) is 18.5. The number of piperidine rings is 1. The van der Waals surface area contributed by atoms with E-state index in [0.29, 0.717) is 29.7 Å². The lowest BCUT2D eigenvalue weighted by atomic mass is 9.78. The molecule has 0 radical (unpaired) electrons. The molecule has 1 fully saturated rings. The van der Waals surface area contributed by atoms with Crippen molar-refractivity contribution >= 4 is 48.0 Å². The molecule has 2 heterocycles. The predicted octanol–water partition coefficient (Wildman–Crippen LogP) is 4.11. The van der Waals surface area contributed by atoms with E-state index in [9.17, 15) is 4.79 Å². The lowest BCUT2D eigenvalue weighted by molar-refractivity contribution is -0.130. The molecule has 2 aromatic rings. The number of rotatable bonds is 7. The summed E-state index contributed by atoms with van der Waals surface area (Å²) in [5.74, 6) is 0.512. The summed E-state index contributed by atoms with van der Waals surface area (Å²) in [6.07, 6.45) is 3.20. The first-order valence-electron chi connectivity index (χ1n) is 8.96. The van der Waals surface area contributed by atoms with Crippen LogP contribution in [-0.4, -0.2) is 37.7 Å². The van der Waals surface area contributed by atoms with E-state index in [1.807, 2.05) is 18.2 Å². The highest BCUT2D eigenvalue weighted by atomic mass is 35.5. The highest BCUT2D eigenvalue weighted by Gasteiger charge is 2.39. The molecule has 1 aromatic carbocycles. The highest BCUT2D eigenvalue weighted by Crippen LogP contribution is 2.33. The summed E-state index contributed by atoms with van der Waals surface area (Å²) in [7, 11) is 1.63. The number of carbonyl (C=O) groups excluding carboxylic acids is 1. The Morgan fingerprint density at radius 2 is 2.00 bits per heavy atom. The van der Waals surface area contributed by atoms with Gasteiger partial charge in [-0.05, 0) is 56.3 Å². The number of nitrogens with zero attached hydrogens (tertiary/aromatic N) is 1. The van der Waals surface area contributed by atoms with Crippen molar-refractivity contribution in [2.45, 2.75) is 19.4 Å². The maximum atomic E-state index is 12.9. The minimum Gasteiger partial charge on any atom is -0.486 e. The van der Waals surface area contributed by atoms with Crippen molar-refractivity contribution in [1.82, 2.24) is 10.3 Å². The Balaban J connectivity index is 0.00000210. The van der Waals surface area contributed by atoms with Crippen LogP contribution in [0.15, 0.2) is 42.6 Å². The van der Waals surface area contributed by atoms with Gasteiger partial charge in [-0.25, -0.2) is 0 Å². The van der Waals surface area contributed by atoms with Crippen molar-refractivity contribution in [3.8, 4) is 5.75 Å². The summed E-state index contributed by atoms with van der Waals surface area (Å²) in [5.41, 5.74) is 0.947. The molecule has 0 saturated carbocycles. The van der Waals surface area contributed by atoms with Gasteiger partial charge >= 0.3 is 0 Å². The molecule has 160 valence electrons. The van der Waals surface area contributed by atoms with Gasteiger partial charge in [0.05, 0.1) is 22.7 Å². The van der Waals surface area contributed by atoms with E-state index in [2.05, 4.69) is 15.6 Å². The van der Waals surface area contributed by atoms with Gasteiger partial charge < -0.3 is 20.1 Å². The van der Waals surface area contributed by atoms with Crippen LogP contribution in [0.3, 0.4) is 0 Å². The lowest BCUT2D eigenvalue weighted by Crippen LogP contribution is -2.47. The van der Waals surface area contributed by atoms with E-state index in [-0.39, 0.29) is 30.7 Å². The fourth-order valence-corrected chi connectivity index (χ4v) is 3.45. The van der Waals surface area contributed by atoms with E-state index in [1.165, 1.54) is 0 Å². The van der Waals surface area contributed by atoms with Crippen LogP contribution in [0, 0.1) is 5.41 Å². The highest BCUT2D eigenvalue weighted by molar-refractivity contribution is 6.32. The second kappa shape index (κ2) is 12.2. The first kappa shape index (κ1) is 25.5. The van der Waals surface area contributed by atoms with E-state index in [1.54, 1.807) is 31.5 Å². The molecule has 1 saturated heterocycles. The molecule has 1 aliphatic rings. The zero-order chi connectivity index (χ0) is 19.1. The van der Waals surface area contributed by atoms with Crippen LogP contribution in [0.4, 0.5) is 5.69 Å². The minimum atomic E-state index is -0.513. The number of anilines is 1. The van der Waals surface area contributed by atoms with Gasteiger partial charge in [-0.2, -0.15) is 0 Å². The van der Waals surface area contributed by atoms with Gasteiger partial charge in [0.25, 0.3) is 0 Å². The van der Waals surface area contributed by atoms with Gasteiger partial charge in [0, 0.05) is 19.0 Å². The van der Waals surface area contributed by atoms with Crippen molar-refractivity contribution < 1.29 is 14.3 Å². The fraction of sp³-hybridized carbons (Fsp3) is 0.400. The predicted molar refractivity (Wildman–Crippen MR) is 120 cm³/mol. The molecule has 0 bridgehead atoms. The second-order valence-corrected chi connectivity index (χ2v) is 7.08. The molecule has 0 aliphatic carbocycles. The molecule has 0 spiro atoms. The number of hydrogen-bond acceptors (Lipinski definition) is 5. The third-order valence-corrected chi connectivity index (χ3v) is 5.05. The van der Waals surface area contributed by atoms with Gasteiger partial charge in [0.15, 0.2) is 0 Å². The summed E-state index contributed by atoms with van der Waals surface area (Å²) in [6, 6.07) is 10.9. The quantitative estimate of drug-likeness (QED) is 0.648. The molecule has 1 aromatic heterocycles. The average Bonchev–Trinajstić information content (AvgIpc) is 2.69. The van der Waals surface area contributed by atoms with E-state index in [0.717, 1.165) is 31.6 Å². The first-order chi connectivity index (χ1) is 13.1. The number of hydrogen-bond donors (Lipinski definition) is 2. The molecule has 9 heteroatoms. The van der Waals surface area contributed by atoms with Gasteiger partial charge in [-0.1, -0.05) is 17.7 Å². The molecule has 2 N–H and O–H groups in total. The minimum absolute atomic E-state index is 0. The van der Waals surface area contributed by atoms with Gasteiger partial charge in [0.1, 0.15) is 12.4 Å². The average molecular weight is 463 g/mol. The van der Waals surface area contributed by atoms with Gasteiger partial charge in [-0.15, -0.1) is 24.8 Å². The number of carbonyl (C=O) groups is 1. The van der Waals surface area contributed by atoms with Gasteiger partial charge in [-0.3, -0.25) is 9.78 Å². The number of benzene rings is 1. The van der Waals surface area contributed by atoms with Crippen molar-refractivity contribution in [3.63, 3.8) is 0 Å². The summed E-state index contributed by atoms with van der Waals surface area (Å²) >= 11 is 6.33. The maximum Gasteiger partial charge on any atom is 0.233 e. The number of methoxy groups -OCH3 is 1. The SMILES string of the molecule is COCC1(C(=O)Nc2ccc(OCc3ccccn3)c(Cl)c2)CCNCC1.Cl.Cl. The smallest absolute Gasteiger partial charge is 0.233 e. The molecular formula is C20H26Cl3N3O3. The van der Waals surface area contributed by atoms with E-state index >= 15 is 0 Å². The number of amides is 1. The van der Waals surface area contributed by atoms with E-state index in [4.69, 9.17) is 21.1 Å². The van der Waals surface area contributed by atoms with Crippen LogP contribution in [0.2, 0.25) is 5.02 Å². The summed E-state index contributed by atoms with van der Waals surface area (Å²) in [4.78, 5) is 17.1. The molecule has 0 unspecified atom stereocenters. The Labute approximate surface area is 188 Å². The Kier molecular flexibility index (Phi) is 10.7. The van der Waals surface area contributed by atoms with Crippen LogP contribution in [0.1, 0.15) is 18.5 Å². The molecule has 3 rings (SSSR count).